The smallest absolute Gasteiger partial charge is 0.275 e. The van der Waals surface area contributed by atoms with Crippen molar-refractivity contribution in [2.75, 3.05) is 10.2 Å². The molecule has 0 aliphatic carbocycles. The number of anilines is 3. The van der Waals surface area contributed by atoms with Crippen LogP contribution in [0.5, 0.6) is 0 Å². The molecule has 4 rings (SSSR count). The molecule has 1 aromatic heterocycles. The van der Waals surface area contributed by atoms with Gasteiger partial charge in [-0.05, 0) is 44.0 Å². The monoisotopic (exact) mass is 344 g/mol. The van der Waals surface area contributed by atoms with Crippen molar-refractivity contribution in [3.63, 3.8) is 0 Å². The molecule has 1 atom stereocenters. The predicted octanol–water partition coefficient (Wildman–Crippen LogP) is 4.12. The number of aryl methyl sites for hydroxylation is 1. The van der Waals surface area contributed by atoms with Crippen molar-refractivity contribution in [1.82, 2.24) is 9.97 Å². The minimum Gasteiger partial charge on any atom is -0.322 e. The zero-order valence-corrected chi connectivity index (χ0v) is 14.8. The van der Waals surface area contributed by atoms with Crippen LogP contribution in [0, 0.1) is 6.92 Å². The third-order valence-corrected chi connectivity index (χ3v) is 4.63. The second-order valence-electron chi connectivity index (χ2n) is 6.63. The van der Waals surface area contributed by atoms with Gasteiger partial charge in [-0.3, -0.25) is 4.79 Å². The van der Waals surface area contributed by atoms with Crippen LogP contribution in [0.1, 0.15) is 28.5 Å². The summed E-state index contributed by atoms with van der Waals surface area (Å²) in [7, 11) is 0. The van der Waals surface area contributed by atoms with Gasteiger partial charge >= 0.3 is 0 Å². The summed E-state index contributed by atoms with van der Waals surface area (Å²) >= 11 is 0. The quantitative estimate of drug-likeness (QED) is 0.776. The lowest BCUT2D eigenvalue weighted by Crippen LogP contribution is -2.25. The lowest BCUT2D eigenvalue weighted by atomic mass is 10.1. The molecule has 1 aliphatic rings. The van der Waals surface area contributed by atoms with E-state index in [-0.39, 0.29) is 5.91 Å². The van der Waals surface area contributed by atoms with Crippen LogP contribution in [-0.2, 0) is 6.42 Å². The van der Waals surface area contributed by atoms with E-state index in [0.717, 1.165) is 29.2 Å². The van der Waals surface area contributed by atoms with Crippen LogP contribution in [0.2, 0.25) is 0 Å². The van der Waals surface area contributed by atoms with Crippen LogP contribution in [0.4, 0.5) is 17.2 Å². The third kappa shape index (κ3) is 3.04. The minimum absolute atomic E-state index is 0.261. The number of hydrogen-bond acceptors (Lipinski definition) is 4. The van der Waals surface area contributed by atoms with Gasteiger partial charge in [0, 0.05) is 17.4 Å². The molecule has 1 N–H and O–H groups in total. The molecule has 0 saturated carbocycles. The van der Waals surface area contributed by atoms with Gasteiger partial charge in [0.25, 0.3) is 5.91 Å². The zero-order chi connectivity index (χ0) is 18.1. The van der Waals surface area contributed by atoms with Crippen LogP contribution < -0.4 is 10.2 Å². The van der Waals surface area contributed by atoms with Gasteiger partial charge in [0.2, 0.25) is 0 Å². The van der Waals surface area contributed by atoms with Crippen molar-refractivity contribution in [3.8, 4) is 0 Å². The van der Waals surface area contributed by atoms with E-state index in [9.17, 15) is 4.79 Å². The fourth-order valence-electron chi connectivity index (χ4n) is 3.31. The van der Waals surface area contributed by atoms with Crippen molar-refractivity contribution in [2.45, 2.75) is 26.3 Å². The van der Waals surface area contributed by atoms with Crippen molar-refractivity contribution in [2.24, 2.45) is 0 Å². The molecule has 2 aromatic carbocycles. The molecule has 0 bridgehead atoms. The maximum atomic E-state index is 12.4. The van der Waals surface area contributed by atoms with Crippen LogP contribution in [0.25, 0.3) is 0 Å². The first kappa shape index (κ1) is 16.3. The number of rotatable bonds is 3. The summed E-state index contributed by atoms with van der Waals surface area (Å²) in [4.78, 5) is 23.4. The van der Waals surface area contributed by atoms with Crippen LogP contribution in [0.15, 0.2) is 60.9 Å². The molecule has 1 amide bonds. The molecule has 0 saturated heterocycles. The third-order valence-electron chi connectivity index (χ3n) is 4.63. The average molecular weight is 344 g/mol. The first-order valence-corrected chi connectivity index (χ1v) is 8.69. The largest absolute Gasteiger partial charge is 0.322 e. The van der Waals surface area contributed by atoms with E-state index in [4.69, 9.17) is 0 Å². The number of benzene rings is 2. The van der Waals surface area contributed by atoms with Crippen molar-refractivity contribution < 1.29 is 4.79 Å². The standard InChI is InChI=1S/C21H20N4O/c1-14-7-9-17(10-8-14)24-21(26)18-12-23-20(13-22-18)25-15(2)11-16-5-3-4-6-19(16)25/h3-10,12-13,15H,11H2,1-2H3,(H,24,26). The predicted molar refractivity (Wildman–Crippen MR) is 103 cm³/mol. The Morgan fingerprint density at radius 2 is 1.85 bits per heavy atom. The SMILES string of the molecule is Cc1ccc(NC(=O)c2cnc(N3c4ccccc4CC3C)cn2)cc1. The molecule has 5 heteroatoms. The second-order valence-corrected chi connectivity index (χ2v) is 6.63. The number of nitrogens with zero attached hydrogens (tertiary/aromatic N) is 3. The molecule has 5 nitrogen and oxygen atoms in total. The Hall–Kier alpha value is -3.21. The minimum atomic E-state index is -0.261. The molecular weight excluding hydrogens is 324 g/mol. The average Bonchev–Trinajstić information content (AvgIpc) is 2.99. The first-order chi connectivity index (χ1) is 12.6. The van der Waals surface area contributed by atoms with E-state index in [0.29, 0.717) is 11.7 Å². The van der Waals surface area contributed by atoms with Gasteiger partial charge in [-0.1, -0.05) is 35.9 Å². The van der Waals surface area contributed by atoms with Gasteiger partial charge in [-0.15, -0.1) is 0 Å². The number of amides is 1. The molecule has 0 fully saturated rings. The van der Waals surface area contributed by atoms with Crippen molar-refractivity contribution in [3.05, 3.63) is 77.7 Å². The number of carbonyl (C=O) groups excluding carboxylic acids is 1. The number of carbonyl (C=O) groups is 1. The summed E-state index contributed by atoms with van der Waals surface area (Å²) in [5, 5.41) is 2.84. The Bertz CT molecular complexity index is 935. The Morgan fingerprint density at radius 1 is 1.08 bits per heavy atom. The van der Waals surface area contributed by atoms with Crippen LogP contribution in [0.3, 0.4) is 0 Å². The zero-order valence-electron chi connectivity index (χ0n) is 14.8. The highest BCUT2D eigenvalue weighted by Gasteiger charge is 2.27. The normalized spacial score (nSPS) is 15.6. The molecular formula is C21H20N4O. The first-order valence-electron chi connectivity index (χ1n) is 8.69. The van der Waals surface area contributed by atoms with Gasteiger partial charge in [-0.2, -0.15) is 0 Å². The molecule has 1 aliphatic heterocycles. The van der Waals surface area contributed by atoms with Gasteiger partial charge in [-0.25, -0.2) is 9.97 Å². The fourth-order valence-corrected chi connectivity index (χ4v) is 3.31. The molecule has 3 aromatic rings. The van der Waals surface area contributed by atoms with E-state index in [2.05, 4.69) is 45.3 Å². The van der Waals surface area contributed by atoms with Crippen molar-refractivity contribution >= 4 is 23.1 Å². The highest BCUT2D eigenvalue weighted by Crippen LogP contribution is 2.36. The highest BCUT2D eigenvalue weighted by molar-refractivity contribution is 6.02. The maximum absolute atomic E-state index is 12.4. The molecule has 0 spiro atoms. The Balaban J connectivity index is 1.53. The molecule has 26 heavy (non-hydrogen) atoms. The van der Waals surface area contributed by atoms with E-state index in [1.165, 1.54) is 11.8 Å². The summed E-state index contributed by atoms with van der Waals surface area (Å²) < 4.78 is 0. The Labute approximate surface area is 152 Å². The number of fused-ring (bicyclic) bond motifs is 1. The summed E-state index contributed by atoms with van der Waals surface area (Å²) in [6.07, 6.45) is 4.18. The number of para-hydroxylation sites is 1. The second kappa shape index (κ2) is 6.59. The molecule has 0 radical (unpaired) electrons. The molecule has 2 heterocycles. The summed E-state index contributed by atoms with van der Waals surface area (Å²) in [6.45, 7) is 4.17. The maximum Gasteiger partial charge on any atom is 0.275 e. The molecule has 130 valence electrons. The van der Waals surface area contributed by atoms with Crippen LogP contribution in [-0.4, -0.2) is 21.9 Å². The van der Waals surface area contributed by atoms with E-state index in [1.54, 1.807) is 6.20 Å². The van der Waals surface area contributed by atoms with Gasteiger partial charge < -0.3 is 10.2 Å². The van der Waals surface area contributed by atoms with E-state index >= 15 is 0 Å². The van der Waals surface area contributed by atoms with Gasteiger partial charge in [0.1, 0.15) is 5.69 Å². The topological polar surface area (TPSA) is 58.1 Å². The number of aromatic nitrogens is 2. The Kier molecular flexibility index (Phi) is 4.13. The summed E-state index contributed by atoms with van der Waals surface area (Å²) in [6, 6.07) is 16.3. The lowest BCUT2D eigenvalue weighted by molar-refractivity contribution is 0.102. The van der Waals surface area contributed by atoms with Crippen LogP contribution >= 0.6 is 0 Å². The lowest BCUT2D eigenvalue weighted by Gasteiger charge is -2.23. The van der Waals surface area contributed by atoms with Crippen molar-refractivity contribution in [1.29, 1.82) is 0 Å². The molecule has 1 unspecified atom stereocenters. The van der Waals surface area contributed by atoms with E-state index in [1.807, 2.05) is 37.3 Å². The fraction of sp³-hybridized carbons (Fsp3) is 0.190. The Morgan fingerprint density at radius 3 is 2.58 bits per heavy atom. The highest BCUT2D eigenvalue weighted by atomic mass is 16.1. The number of hydrogen-bond donors (Lipinski definition) is 1. The van der Waals surface area contributed by atoms with Gasteiger partial charge in [0.05, 0.1) is 12.4 Å². The number of nitrogens with one attached hydrogen (secondary N) is 1. The van der Waals surface area contributed by atoms with E-state index < -0.39 is 0 Å². The summed E-state index contributed by atoms with van der Waals surface area (Å²) in [5.41, 5.74) is 4.66. The summed E-state index contributed by atoms with van der Waals surface area (Å²) in [5.74, 6) is 0.497. The van der Waals surface area contributed by atoms with Gasteiger partial charge in [0.15, 0.2) is 5.82 Å².